The maximum atomic E-state index is 9.15. The predicted octanol–water partition coefficient (Wildman–Crippen LogP) is 0.554. The molecule has 0 bridgehead atoms. The first-order chi connectivity index (χ1) is 8.29. The minimum Gasteiger partial charge on any atom is -0.394 e. The molecule has 0 amide bonds. The molecule has 0 aliphatic carbocycles. The molecule has 0 aromatic rings. The summed E-state index contributed by atoms with van der Waals surface area (Å²) in [6, 6.07) is 0.489. The normalized spacial score (nSPS) is 32.8. The Morgan fingerprint density at radius 2 is 1.94 bits per heavy atom. The van der Waals surface area contributed by atoms with Crippen molar-refractivity contribution in [3.63, 3.8) is 0 Å². The number of piperidine rings is 1. The molecular formula is C13H26N2O2. The fourth-order valence-corrected chi connectivity index (χ4v) is 2.75. The molecule has 100 valence electrons. The van der Waals surface area contributed by atoms with Gasteiger partial charge in [-0.25, -0.2) is 0 Å². The number of hydrogen-bond donors (Lipinski definition) is 1. The maximum Gasteiger partial charge on any atom is 0.0933 e. The largest absolute Gasteiger partial charge is 0.394 e. The first-order valence-electron chi connectivity index (χ1n) is 6.98. The molecule has 1 N–H and O–H groups in total. The summed E-state index contributed by atoms with van der Waals surface area (Å²) in [4.78, 5) is 5.03. The van der Waals surface area contributed by atoms with Crippen molar-refractivity contribution in [2.45, 2.75) is 38.3 Å². The van der Waals surface area contributed by atoms with Crippen LogP contribution in [0.1, 0.15) is 26.2 Å². The van der Waals surface area contributed by atoms with Crippen LogP contribution in [0.2, 0.25) is 0 Å². The van der Waals surface area contributed by atoms with Crippen molar-refractivity contribution in [1.82, 2.24) is 9.80 Å². The number of aliphatic hydroxyl groups excluding tert-OH is 1. The van der Waals surface area contributed by atoms with Crippen molar-refractivity contribution >= 4 is 0 Å². The van der Waals surface area contributed by atoms with E-state index in [-0.39, 0.29) is 12.7 Å². The van der Waals surface area contributed by atoms with Gasteiger partial charge in [0.1, 0.15) is 0 Å². The third-order valence-corrected chi connectivity index (χ3v) is 3.99. The first-order valence-corrected chi connectivity index (χ1v) is 6.98. The van der Waals surface area contributed by atoms with Crippen molar-refractivity contribution in [3.8, 4) is 0 Å². The zero-order chi connectivity index (χ0) is 12.1. The van der Waals surface area contributed by atoms with E-state index in [9.17, 15) is 0 Å². The molecule has 2 fully saturated rings. The molecular weight excluding hydrogens is 216 g/mol. The van der Waals surface area contributed by atoms with Crippen LogP contribution in [0.15, 0.2) is 0 Å². The minimum absolute atomic E-state index is 0.0209. The van der Waals surface area contributed by atoms with E-state index in [0.717, 1.165) is 19.7 Å². The molecule has 0 spiro atoms. The molecule has 17 heavy (non-hydrogen) atoms. The number of morpholine rings is 1. The van der Waals surface area contributed by atoms with Crippen LogP contribution in [-0.2, 0) is 4.74 Å². The Balaban J connectivity index is 1.72. The highest BCUT2D eigenvalue weighted by Gasteiger charge is 2.25. The van der Waals surface area contributed by atoms with Crippen LogP contribution in [0, 0.1) is 0 Å². The summed E-state index contributed by atoms with van der Waals surface area (Å²) in [6.45, 7) is 8.81. The van der Waals surface area contributed by atoms with E-state index in [1.165, 1.54) is 38.9 Å². The summed E-state index contributed by atoms with van der Waals surface area (Å²) < 4.78 is 5.56. The van der Waals surface area contributed by atoms with Crippen molar-refractivity contribution in [2.75, 3.05) is 45.9 Å². The molecule has 2 saturated heterocycles. The van der Waals surface area contributed by atoms with Gasteiger partial charge in [-0.15, -0.1) is 0 Å². The SMILES string of the molecule is CC1COC(CO)CN1CCN1CCCCC1. The second-order valence-corrected chi connectivity index (χ2v) is 5.38. The Morgan fingerprint density at radius 3 is 2.65 bits per heavy atom. The molecule has 0 aromatic heterocycles. The third-order valence-electron chi connectivity index (χ3n) is 3.99. The lowest BCUT2D eigenvalue weighted by Gasteiger charge is -2.39. The summed E-state index contributed by atoms with van der Waals surface area (Å²) in [5, 5.41) is 9.15. The van der Waals surface area contributed by atoms with Crippen LogP contribution in [0.4, 0.5) is 0 Å². The highest BCUT2D eigenvalue weighted by atomic mass is 16.5. The summed E-state index contributed by atoms with van der Waals surface area (Å²) >= 11 is 0. The van der Waals surface area contributed by atoms with Crippen molar-refractivity contribution in [3.05, 3.63) is 0 Å². The average Bonchev–Trinajstić information content (AvgIpc) is 2.39. The lowest BCUT2D eigenvalue weighted by Crippen LogP contribution is -2.51. The van der Waals surface area contributed by atoms with E-state index >= 15 is 0 Å². The van der Waals surface area contributed by atoms with E-state index in [4.69, 9.17) is 9.84 Å². The molecule has 2 unspecified atom stereocenters. The van der Waals surface area contributed by atoms with Gasteiger partial charge in [0.2, 0.25) is 0 Å². The first kappa shape index (κ1) is 13.3. The van der Waals surface area contributed by atoms with Gasteiger partial charge in [-0.2, -0.15) is 0 Å². The Bertz CT molecular complexity index is 219. The van der Waals surface area contributed by atoms with E-state index in [1.807, 2.05) is 0 Å². The molecule has 2 atom stereocenters. The van der Waals surface area contributed by atoms with E-state index in [2.05, 4.69) is 16.7 Å². The van der Waals surface area contributed by atoms with Crippen LogP contribution >= 0.6 is 0 Å². The quantitative estimate of drug-likeness (QED) is 0.781. The smallest absolute Gasteiger partial charge is 0.0933 e. The average molecular weight is 242 g/mol. The van der Waals surface area contributed by atoms with Crippen LogP contribution in [-0.4, -0.2) is 73.0 Å². The zero-order valence-corrected chi connectivity index (χ0v) is 11.0. The Hall–Kier alpha value is -0.160. The lowest BCUT2D eigenvalue weighted by atomic mass is 10.1. The number of aliphatic hydroxyl groups is 1. The molecule has 4 heteroatoms. The Labute approximate surface area is 105 Å². The number of rotatable bonds is 4. The van der Waals surface area contributed by atoms with Crippen molar-refractivity contribution < 1.29 is 9.84 Å². The maximum absolute atomic E-state index is 9.15. The van der Waals surface area contributed by atoms with Crippen LogP contribution in [0.25, 0.3) is 0 Å². The van der Waals surface area contributed by atoms with E-state index in [1.54, 1.807) is 0 Å². The topological polar surface area (TPSA) is 35.9 Å². The fourth-order valence-electron chi connectivity index (χ4n) is 2.75. The number of ether oxygens (including phenoxy) is 1. The second-order valence-electron chi connectivity index (χ2n) is 5.38. The molecule has 2 heterocycles. The Kier molecular flexibility index (Phi) is 5.22. The van der Waals surface area contributed by atoms with Gasteiger partial charge in [0, 0.05) is 25.7 Å². The number of nitrogens with zero attached hydrogens (tertiary/aromatic N) is 2. The van der Waals surface area contributed by atoms with Crippen LogP contribution in [0.5, 0.6) is 0 Å². The van der Waals surface area contributed by atoms with Gasteiger partial charge in [-0.05, 0) is 32.9 Å². The Morgan fingerprint density at radius 1 is 1.18 bits per heavy atom. The van der Waals surface area contributed by atoms with E-state index in [0.29, 0.717) is 6.04 Å². The van der Waals surface area contributed by atoms with Gasteiger partial charge >= 0.3 is 0 Å². The lowest BCUT2D eigenvalue weighted by molar-refractivity contribution is -0.0793. The number of likely N-dealkylation sites (tertiary alicyclic amines) is 1. The van der Waals surface area contributed by atoms with E-state index < -0.39 is 0 Å². The van der Waals surface area contributed by atoms with Gasteiger partial charge in [-0.3, -0.25) is 4.90 Å². The predicted molar refractivity (Wildman–Crippen MR) is 68.2 cm³/mol. The molecule has 0 radical (unpaired) electrons. The highest BCUT2D eigenvalue weighted by Crippen LogP contribution is 2.13. The van der Waals surface area contributed by atoms with Crippen LogP contribution in [0.3, 0.4) is 0 Å². The van der Waals surface area contributed by atoms with Crippen molar-refractivity contribution in [2.24, 2.45) is 0 Å². The monoisotopic (exact) mass is 242 g/mol. The van der Waals surface area contributed by atoms with Gasteiger partial charge < -0.3 is 14.7 Å². The summed E-state index contributed by atoms with van der Waals surface area (Å²) in [6.07, 6.45) is 4.14. The van der Waals surface area contributed by atoms with Crippen LogP contribution < -0.4 is 0 Å². The van der Waals surface area contributed by atoms with Gasteiger partial charge in [0.25, 0.3) is 0 Å². The minimum atomic E-state index is 0.0209. The van der Waals surface area contributed by atoms with Gasteiger partial charge in [0.05, 0.1) is 19.3 Å². The molecule has 0 saturated carbocycles. The summed E-state index contributed by atoms with van der Waals surface area (Å²) in [7, 11) is 0. The van der Waals surface area contributed by atoms with Crippen molar-refractivity contribution in [1.29, 1.82) is 0 Å². The molecule has 2 aliphatic heterocycles. The molecule has 0 aromatic carbocycles. The standard InChI is InChI=1S/C13H26N2O2/c1-12-11-17-13(10-16)9-15(12)8-7-14-5-3-2-4-6-14/h12-13,16H,2-11H2,1H3. The molecule has 2 rings (SSSR count). The van der Waals surface area contributed by atoms with Gasteiger partial charge in [0.15, 0.2) is 0 Å². The number of hydrogen-bond acceptors (Lipinski definition) is 4. The van der Waals surface area contributed by atoms with Gasteiger partial charge in [-0.1, -0.05) is 6.42 Å². The summed E-state index contributed by atoms with van der Waals surface area (Å²) in [5.74, 6) is 0. The molecule has 2 aliphatic rings. The fraction of sp³-hybridized carbons (Fsp3) is 1.00. The second kappa shape index (κ2) is 6.69. The zero-order valence-electron chi connectivity index (χ0n) is 11.0. The molecule has 4 nitrogen and oxygen atoms in total. The summed E-state index contributed by atoms with van der Waals surface area (Å²) in [5.41, 5.74) is 0. The highest BCUT2D eigenvalue weighted by molar-refractivity contribution is 4.78. The third kappa shape index (κ3) is 3.91.